The van der Waals surface area contributed by atoms with Crippen LogP contribution in [0.1, 0.15) is 11.4 Å². The van der Waals surface area contributed by atoms with Crippen LogP contribution in [0.3, 0.4) is 0 Å². The van der Waals surface area contributed by atoms with Crippen molar-refractivity contribution in [3.05, 3.63) is 41.7 Å². The standard InChI is InChI=1S/C15H18N4O4/c1-10-12(8-14(20)16-13(9-23-2)15(21)22)17-18-19(10)11-6-4-3-5-7-11/h3-7,13H,8-9H2,1-2H3,(H,16,20)(H,21,22). The number of ether oxygens (including phenoxy) is 1. The molecule has 0 radical (unpaired) electrons. The van der Waals surface area contributed by atoms with Crippen molar-refractivity contribution >= 4 is 11.9 Å². The lowest BCUT2D eigenvalue weighted by Crippen LogP contribution is -2.44. The molecule has 2 N–H and O–H groups in total. The Morgan fingerprint density at radius 3 is 2.65 bits per heavy atom. The summed E-state index contributed by atoms with van der Waals surface area (Å²) in [6.07, 6.45) is -0.0494. The molecule has 0 bridgehead atoms. The molecule has 0 saturated carbocycles. The first-order chi connectivity index (χ1) is 11.0. The molecule has 23 heavy (non-hydrogen) atoms. The first-order valence-corrected chi connectivity index (χ1v) is 7.00. The highest BCUT2D eigenvalue weighted by atomic mass is 16.5. The number of para-hydroxylation sites is 1. The van der Waals surface area contributed by atoms with Crippen LogP contribution in [0, 0.1) is 6.92 Å². The normalized spacial score (nSPS) is 11.9. The van der Waals surface area contributed by atoms with E-state index in [9.17, 15) is 9.59 Å². The van der Waals surface area contributed by atoms with Crippen LogP contribution in [0.25, 0.3) is 5.69 Å². The maximum atomic E-state index is 12.0. The van der Waals surface area contributed by atoms with Crippen LogP contribution in [0.15, 0.2) is 30.3 Å². The van der Waals surface area contributed by atoms with Gasteiger partial charge in [0, 0.05) is 7.11 Å². The van der Waals surface area contributed by atoms with Gasteiger partial charge in [0.2, 0.25) is 5.91 Å². The maximum absolute atomic E-state index is 12.0. The molecule has 0 aliphatic carbocycles. The molecule has 1 atom stereocenters. The van der Waals surface area contributed by atoms with Crippen molar-refractivity contribution < 1.29 is 19.4 Å². The minimum absolute atomic E-state index is 0.0494. The second kappa shape index (κ2) is 7.50. The van der Waals surface area contributed by atoms with E-state index < -0.39 is 17.9 Å². The SMILES string of the molecule is COCC(NC(=O)Cc1nnn(-c2ccccc2)c1C)C(=O)O. The number of aromatic nitrogens is 3. The highest BCUT2D eigenvalue weighted by Crippen LogP contribution is 2.12. The number of hydrogen-bond acceptors (Lipinski definition) is 5. The van der Waals surface area contributed by atoms with Gasteiger partial charge in [-0.2, -0.15) is 0 Å². The molecule has 2 aromatic rings. The molecule has 0 spiro atoms. The van der Waals surface area contributed by atoms with Gasteiger partial charge in [-0.1, -0.05) is 23.4 Å². The van der Waals surface area contributed by atoms with Gasteiger partial charge in [-0.05, 0) is 19.1 Å². The van der Waals surface area contributed by atoms with Crippen LogP contribution < -0.4 is 5.32 Å². The first-order valence-electron chi connectivity index (χ1n) is 7.00. The minimum Gasteiger partial charge on any atom is -0.480 e. The number of rotatable bonds is 7. The topological polar surface area (TPSA) is 106 Å². The number of carbonyl (C=O) groups excluding carboxylic acids is 1. The zero-order valence-electron chi connectivity index (χ0n) is 12.9. The summed E-state index contributed by atoms with van der Waals surface area (Å²) in [7, 11) is 1.37. The summed E-state index contributed by atoms with van der Waals surface area (Å²) < 4.78 is 6.41. The molecule has 0 fully saturated rings. The average molecular weight is 318 g/mol. The molecule has 1 unspecified atom stereocenters. The van der Waals surface area contributed by atoms with E-state index in [1.54, 1.807) is 11.6 Å². The predicted molar refractivity (Wildman–Crippen MR) is 81.2 cm³/mol. The van der Waals surface area contributed by atoms with E-state index in [4.69, 9.17) is 9.84 Å². The number of benzene rings is 1. The Morgan fingerprint density at radius 2 is 2.04 bits per heavy atom. The first kappa shape index (κ1) is 16.6. The van der Waals surface area contributed by atoms with Gasteiger partial charge in [0.15, 0.2) is 6.04 Å². The van der Waals surface area contributed by atoms with Crippen molar-refractivity contribution in [1.29, 1.82) is 0 Å². The molecule has 8 heteroatoms. The van der Waals surface area contributed by atoms with Gasteiger partial charge in [-0.15, -0.1) is 5.10 Å². The number of amides is 1. The van der Waals surface area contributed by atoms with Crippen molar-refractivity contribution in [1.82, 2.24) is 20.3 Å². The lowest BCUT2D eigenvalue weighted by molar-refractivity contribution is -0.143. The van der Waals surface area contributed by atoms with E-state index >= 15 is 0 Å². The number of carboxylic acid groups (broad SMARTS) is 1. The second-order valence-electron chi connectivity index (χ2n) is 4.96. The zero-order chi connectivity index (χ0) is 16.8. The summed E-state index contributed by atoms with van der Waals surface area (Å²) in [5, 5.41) is 19.4. The molecule has 8 nitrogen and oxygen atoms in total. The summed E-state index contributed by atoms with van der Waals surface area (Å²) in [6.45, 7) is 1.70. The number of carbonyl (C=O) groups is 2. The third-order valence-corrected chi connectivity index (χ3v) is 3.29. The van der Waals surface area contributed by atoms with Gasteiger partial charge >= 0.3 is 5.97 Å². The molecule has 1 heterocycles. The molecule has 0 aliphatic heterocycles. The molecular formula is C15H18N4O4. The Labute approximate surface area is 133 Å². The van der Waals surface area contributed by atoms with Crippen LogP contribution in [0.2, 0.25) is 0 Å². The van der Waals surface area contributed by atoms with Crippen LogP contribution in [-0.2, 0) is 20.7 Å². The number of carboxylic acids is 1. The number of methoxy groups -OCH3 is 1. The van der Waals surface area contributed by atoms with Crippen molar-refractivity contribution in [2.75, 3.05) is 13.7 Å². The van der Waals surface area contributed by atoms with E-state index in [-0.39, 0.29) is 13.0 Å². The molecule has 2 rings (SSSR count). The Bertz CT molecular complexity index is 684. The van der Waals surface area contributed by atoms with Gasteiger partial charge in [0.1, 0.15) is 0 Å². The van der Waals surface area contributed by atoms with Gasteiger partial charge in [0.25, 0.3) is 0 Å². The van der Waals surface area contributed by atoms with Crippen molar-refractivity contribution in [2.24, 2.45) is 0 Å². The molecule has 0 saturated heterocycles. The summed E-state index contributed by atoms with van der Waals surface area (Å²) >= 11 is 0. The Hall–Kier alpha value is -2.74. The lowest BCUT2D eigenvalue weighted by Gasteiger charge is -2.12. The minimum atomic E-state index is -1.15. The van der Waals surface area contributed by atoms with Gasteiger partial charge in [-0.25, -0.2) is 9.48 Å². The van der Waals surface area contributed by atoms with Gasteiger partial charge < -0.3 is 15.2 Å². The van der Waals surface area contributed by atoms with E-state index in [1.165, 1.54) is 7.11 Å². The molecule has 1 aromatic heterocycles. The van der Waals surface area contributed by atoms with E-state index in [0.717, 1.165) is 11.4 Å². The third-order valence-electron chi connectivity index (χ3n) is 3.29. The fourth-order valence-corrected chi connectivity index (χ4v) is 2.08. The lowest BCUT2D eigenvalue weighted by atomic mass is 10.2. The van der Waals surface area contributed by atoms with Crippen molar-refractivity contribution in [3.8, 4) is 5.69 Å². The molecule has 122 valence electrons. The third kappa shape index (κ3) is 4.13. The van der Waals surface area contributed by atoms with Gasteiger partial charge in [-0.3, -0.25) is 4.79 Å². The fraction of sp³-hybridized carbons (Fsp3) is 0.333. The summed E-state index contributed by atoms with van der Waals surface area (Å²) in [5.41, 5.74) is 2.06. The number of hydrogen-bond donors (Lipinski definition) is 2. The average Bonchev–Trinajstić information content (AvgIpc) is 2.88. The Kier molecular flexibility index (Phi) is 5.42. The predicted octanol–water partition coefficient (Wildman–Crippen LogP) is 0.334. The molecule has 0 aliphatic rings. The number of aliphatic carboxylic acids is 1. The summed E-state index contributed by atoms with van der Waals surface area (Å²) in [6, 6.07) is 8.33. The van der Waals surface area contributed by atoms with Crippen LogP contribution in [0.5, 0.6) is 0 Å². The van der Waals surface area contributed by atoms with Gasteiger partial charge in [0.05, 0.1) is 30.1 Å². The molecular weight excluding hydrogens is 300 g/mol. The zero-order valence-corrected chi connectivity index (χ0v) is 12.9. The largest absolute Gasteiger partial charge is 0.480 e. The van der Waals surface area contributed by atoms with E-state index in [0.29, 0.717) is 5.69 Å². The molecule has 1 amide bonds. The van der Waals surface area contributed by atoms with Crippen LogP contribution in [0.4, 0.5) is 0 Å². The fourth-order valence-electron chi connectivity index (χ4n) is 2.08. The highest BCUT2D eigenvalue weighted by molar-refractivity contribution is 5.84. The summed E-state index contributed by atoms with van der Waals surface area (Å²) in [4.78, 5) is 23.0. The number of nitrogens with zero attached hydrogens (tertiary/aromatic N) is 3. The quantitative estimate of drug-likeness (QED) is 0.762. The smallest absolute Gasteiger partial charge is 0.328 e. The second-order valence-corrected chi connectivity index (χ2v) is 4.96. The van der Waals surface area contributed by atoms with E-state index in [1.807, 2.05) is 30.3 Å². The van der Waals surface area contributed by atoms with Crippen LogP contribution in [-0.4, -0.2) is 51.7 Å². The van der Waals surface area contributed by atoms with Crippen molar-refractivity contribution in [2.45, 2.75) is 19.4 Å². The Balaban J connectivity index is 2.08. The number of nitrogens with one attached hydrogen (secondary N) is 1. The monoisotopic (exact) mass is 318 g/mol. The highest BCUT2D eigenvalue weighted by Gasteiger charge is 2.21. The van der Waals surface area contributed by atoms with Crippen molar-refractivity contribution in [3.63, 3.8) is 0 Å². The van der Waals surface area contributed by atoms with Crippen LogP contribution >= 0.6 is 0 Å². The molecule has 1 aromatic carbocycles. The van der Waals surface area contributed by atoms with E-state index in [2.05, 4.69) is 15.6 Å². The summed E-state index contributed by atoms with van der Waals surface area (Å²) in [5.74, 6) is -1.59. The Morgan fingerprint density at radius 1 is 1.35 bits per heavy atom. The maximum Gasteiger partial charge on any atom is 0.328 e.